The van der Waals surface area contributed by atoms with Gasteiger partial charge >= 0.3 is 5.97 Å². The summed E-state index contributed by atoms with van der Waals surface area (Å²) in [4.78, 5) is 50.0. The Morgan fingerprint density at radius 1 is 0.971 bits per heavy atom. The highest BCUT2D eigenvalue weighted by Crippen LogP contribution is 2.13. The van der Waals surface area contributed by atoms with E-state index < -0.39 is 47.9 Å². The number of phenolic OH excluding ortho intramolecular Hbond substituents is 1. The number of benzene rings is 1. The molecule has 0 heterocycles. The van der Waals surface area contributed by atoms with E-state index in [2.05, 4.69) is 28.6 Å². The highest BCUT2D eigenvalue weighted by Gasteiger charge is 2.30. The Labute approximate surface area is 215 Å². The van der Waals surface area contributed by atoms with E-state index >= 15 is 0 Å². The molecule has 1 aromatic carbocycles. The zero-order valence-corrected chi connectivity index (χ0v) is 21.9. The predicted molar refractivity (Wildman–Crippen MR) is 140 cm³/mol. The summed E-state index contributed by atoms with van der Waals surface area (Å²) in [5.74, 6) is -2.36. The summed E-state index contributed by atoms with van der Waals surface area (Å²) >= 11 is 5.50. The minimum Gasteiger partial charge on any atom is -0.508 e. The van der Waals surface area contributed by atoms with E-state index in [-0.39, 0.29) is 30.3 Å². The number of aliphatic carboxylic acids is 1. The van der Waals surface area contributed by atoms with Crippen LogP contribution in [0.2, 0.25) is 0 Å². The summed E-state index contributed by atoms with van der Waals surface area (Å²) in [6.07, 6.45) is 2.68. The molecule has 0 saturated heterocycles. The molecule has 1 aromatic rings. The van der Waals surface area contributed by atoms with Gasteiger partial charge in [0.15, 0.2) is 0 Å². The standard InChI is InChI=1S/C23H36N4O6S2/c1-13(2)10-17(21(30)27-19(12-34)23(32)33)26-22(31)18(11-14-4-6-15(28)7-5-14)25-20(29)16(24)8-9-35-3/h4-7,13,16-19,28,34H,8-12,24H2,1-3H3,(H,25,29)(H,26,31)(H,27,30)(H,32,33). The maximum Gasteiger partial charge on any atom is 0.327 e. The van der Waals surface area contributed by atoms with Crippen LogP contribution >= 0.6 is 24.4 Å². The number of amides is 3. The van der Waals surface area contributed by atoms with Crippen molar-refractivity contribution in [3.63, 3.8) is 0 Å². The van der Waals surface area contributed by atoms with Crippen LogP contribution in [0.5, 0.6) is 5.75 Å². The van der Waals surface area contributed by atoms with Crippen molar-refractivity contribution in [2.75, 3.05) is 17.8 Å². The number of rotatable bonds is 15. The van der Waals surface area contributed by atoms with Crippen molar-refractivity contribution in [3.05, 3.63) is 29.8 Å². The molecule has 0 saturated carbocycles. The number of thiol groups is 1. The van der Waals surface area contributed by atoms with Gasteiger partial charge in [0.1, 0.15) is 23.9 Å². The lowest BCUT2D eigenvalue weighted by Gasteiger charge is -2.26. The second kappa shape index (κ2) is 15.5. The molecule has 0 fully saturated rings. The molecule has 35 heavy (non-hydrogen) atoms. The first-order chi connectivity index (χ1) is 16.5. The lowest BCUT2D eigenvalue weighted by atomic mass is 10.0. The SMILES string of the molecule is CSCCC(N)C(=O)NC(Cc1ccc(O)cc1)C(=O)NC(CC(C)C)C(=O)NC(CS)C(=O)O. The van der Waals surface area contributed by atoms with Gasteiger partial charge in [-0.2, -0.15) is 24.4 Å². The zero-order chi connectivity index (χ0) is 26.5. The molecule has 12 heteroatoms. The largest absolute Gasteiger partial charge is 0.508 e. The molecule has 3 amide bonds. The summed E-state index contributed by atoms with van der Waals surface area (Å²) in [5, 5.41) is 26.5. The van der Waals surface area contributed by atoms with Gasteiger partial charge < -0.3 is 31.9 Å². The molecule has 7 N–H and O–H groups in total. The maximum atomic E-state index is 13.2. The van der Waals surface area contributed by atoms with E-state index in [0.29, 0.717) is 17.7 Å². The first-order valence-corrected chi connectivity index (χ1v) is 13.3. The molecule has 0 aliphatic heterocycles. The van der Waals surface area contributed by atoms with Crippen molar-refractivity contribution in [3.8, 4) is 5.75 Å². The van der Waals surface area contributed by atoms with Crippen LogP contribution in [0.3, 0.4) is 0 Å². The van der Waals surface area contributed by atoms with E-state index in [1.807, 2.05) is 20.1 Å². The zero-order valence-electron chi connectivity index (χ0n) is 20.2. The van der Waals surface area contributed by atoms with Crippen molar-refractivity contribution in [2.45, 2.75) is 57.3 Å². The van der Waals surface area contributed by atoms with Crippen molar-refractivity contribution < 1.29 is 29.4 Å². The molecule has 4 atom stereocenters. The maximum absolute atomic E-state index is 13.2. The van der Waals surface area contributed by atoms with Crippen molar-refractivity contribution in [2.24, 2.45) is 11.7 Å². The highest BCUT2D eigenvalue weighted by atomic mass is 32.2. The first kappa shape index (κ1) is 30.6. The minimum atomic E-state index is -1.24. The molecule has 4 unspecified atom stereocenters. The molecule has 196 valence electrons. The average molecular weight is 529 g/mol. The van der Waals surface area contributed by atoms with Gasteiger partial charge in [-0.25, -0.2) is 4.79 Å². The van der Waals surface area contributed by atoms with Crippen LogP contribution in [0, 0.1) is 5.92 Å². The van der Waals surface area contributed by atoms with Crippen LogP contribution in [0.4, 0.5) is 0 Å². The van der Waals surface area contributed by atoms with Crippen LogP contribution in [-0.4, -0.2) is 75.8 Å². The number of carboxylic acids is 1. The number of carbonyl (C=O) groups excluding carboxylic acids is 3. The molecule has 0 aliphatic rings. The van der Waals surface area contributed by atoms with Crippen molar-refractivity contribution in [1.82, 2.24) is 16.0 Å². The molecule has 10 nitrogen and oxygen atoms in total. The normalized spacial score (nSPS) is 14.5. The molecule has 1 rings (SSSR count). The summed E-state index contributed by atoms with van der Waals surface area (Å²) in [7, 11) is 0. The minimum absolute atomic E-state index is 0.00966. The van der Waals surface area contributed by atoms with Crippen LogP contribution < -0.4 is 21.7 Å². The number of nitrogens with two attached hydrogens (primary N) is 1. The molecular formula is C23H36N4O6S2. The average Bonchev–Trinajstić information content (AvgIpc) is 2.80. The van der Waals surface area contributed by atoms with Gasteiger partial charge in [-0.1, -0.05) is 26.0 Å². The second-order valence-electron chi connectivity index (χ2n) is 8.59. The van der Waals surface area contributed by atoms with Gasteiger partial charge in [-0.3, -0.25) is 14.4 Å². The lowest BCUT2D eigenvalue weighted by molar-refractivity contribution is -0.141. The fourth-order valence-corrected chi connectivity index (χ4v) is 3.90. The van der Waals surface area contributed by atoms with Crippen LogP contribution in [-0.2, 0) is 25.6 Å². The molecule has 0 spiro atoms. The van der Waals surface area contributed by atoms with Crippen molar-refractivity contribution >= 4 is 48.1 Å². The van der Waals surface area contributed by atoms with E-state index in [1.54, 1.807) is 23.9 Å². The van der Waals surface area contributed by atoms with E-state index in [1.165, 1.54) is 12.1 Å². The Kier molecular flexibility index (Phi) is 13.6. The second-order valence-corrected chi connectivity index (χ2v) is 9.94. The lowest BCUT2D eigenvalue weighted by Crippen LogP contribution is -2.58. The summed E-state index contributed by atoms with van der Waals surface area (Å²) < 4.78 is 0. The summed E-state index contributed by atoms with van der Waals surface area (Å²) in [6, 6.07) is 2.10. The number of carboxylic acid groups (broad SMARTS) is 1. The number of hydrogen-bond acceptors (Lipinski definition) is 8. The summed E-state index contributed by atoms with van der Waals surface area (Å²) in [5.41, 5.74) is 6.63. The van der Waals surface area contributed by atoms with Crippen LogP contribution in [0.15, 0.2) is 24.3 Å². The molecule has 0 aromatic heterocycles. The number of phenols is 1. The number of nitrogens with one attached hydrogen (secondary N) is 3. The van der Waals surface area contributed by atoms with Gasteiger partial charge in [-0.15, -0.1) is 0 Å². The van der Waals surface area contributed by atoms with E-state index in [0.717, 1.165) is 0 Å². The Morgan fingerprint density at radius 3 is 2.03 bits per heavy atom. The van der Waals surface area contributed by atoms with Crippen LogP contribution in [0.25, 0.3) is 0 Å². The molecule has 0 radical (unpaired) electrons. The topological polar surface area (TPSA) is 171 Å². The van der Waals surface area contributed by atoms with Gasteiger partial charge in [0.2, 0.25) is 17.7 Å². The third kappa shape index (κ3) is 11.2. The van der Waals surface area contributed by atoms with Gasteiger partial charge in [-0.05, 0) is 48.5 Å². The molecule has 0 bridgehead atoms. The fraction of sp³-hybridized carbons (Fsp3) is 0.565. The Morgan fingerprint density at radius 2 is 1.51 bits per heavy atom. The molecule has 0 aliphatic carbocycles. The van der Waals surface area contributed by atoms with E-state index in [9.17, 15) is 29.4 Å². The Bertz CT molecular complexity index is 853. The third-order valence-electron chi connectivity index (χ3n) is 5.12. The first-order valence-electron chi connectivity index (χ1n) is 11.3. The predicted octanol–water partition coefficient (Wildman–Crippen LogP) is 0.530. The van der Waals surface area contributed by atoms with Gasteiger partial charge in [0.25, 0.3) is 0 Å². The molecular weight excluding hydrogens is 492 g/mol. The Balaban J connectivity index is 3.09. The smallest absolute Gasteiger partial charge is 0.327 e. The number of hydrogen-bond donors (Lipinski definition) is 7. The summed E-state index contributed by atoms with van der Waals surface area (Å²) in [6.45, 7) is 3.72. The van der Waals surface area contributed by atoms with Gasteiger partial charge in [0.05, 0.1) is 6.04 Å². The number of carbonyl (C=O) groups is 4. The van der Waals surface area contributed by atoms with Gasteiger partial charge in [0, 0.05) is 12.2 Å². The number of aromatic hydroxyl groups is 1. The number of thioether (sulfide) groups is 1. The van der Waals surface area contributed by atoms with Crippen molar-refractivity contribution in [1.29, 1.82) is 0 Å². The quantitative estimate of drug-likeness (QED) is 0.162. The monoisotopic (exact) mass is 528 g/mol. The highest BCUT2D eigenvalue weighted by molar-refractivity contribution is 7.98. The van der Waals surface area contributed by atoms with Crippen LogP contribution in [0.1, 0.15) is 32.3 Å². The third-order valence-corrected chi connectivity index (χ3v) is 6.13. The fourth-order valence-electron chi connectivity index (χ4n) is 3.16. The van der Waals surface area contributed by atoms with E-state index in [4.69, 9.17) is 5.73 Å². The Hall–Kier alpha value is -2.44.